The third-order valence-electron chi connectivity index (χ3n) is 10.1. The molecule has 0 bridgehead atoms. The molecule has 0 aliphatic carbocycles. The fourth-order valence-corrected chi connectivity index (χ4v) is 7.49. The number of rotatable bonds is 30. The van der Waals surface area contributed by atoms with Gasteiger partial charge in [0.1, 0.15) is 29.8 Å². The monoisotopic (exact) mass is 759 g/mol. The second-order valence-electron chi connectivity index (χ2n) is 15.5. The van der Waals surface area contributed by atoms with Crippen LogP contribution in [0.2, 0.25) is 0 Å². The zero-order chi connectivity index (χ0) is 38.6. The summed E-state index contributed by atoms with van der Waals surface area (Å²) < 4.78 is 49.8. The van der Waals surface area contributed by atoms with Crippen LogP contribution >= 0.6 is 7.82 Å². The summed E-state index contributed by atoms with van der Waals surface area (Å²) in [6, 6.07) is 0. The molecule has 0 aromatic heterocycles. The van der Waals surface area contributed by atoms with Crippen molar-refractivity contribution in [3.63, 3.8) is 0 Å². The lowest BCUT2D eigenvalue weighted by Crippen LogP contribution is -2.37. The Balaban J connectivity index is 1.63. The van der Waals surface area contributed by atoms with Crippen LogP contribution in [0.3, 0.4) is 0 Å². The van der Waals surface area contributed by atoms with Gasteiger partial charge in [0, 0.05) is 5.56 Å². The highest BCUT2D eigenvalue weighted by Crippen LogP contribution is 2.45. The Hall–Kier alpha value is -1.27. The third-order valence-corrected chi connectivity index (χ3v) is 11.1. The lowest BCUT2D eigenvalue weighted by molar-refractivity contribution is -0.228. The predicted molar refractivity (Wildman–Crippen MR) is 203 cm³/mol. The van der Waals surface area contributed by atoms with Crippen LogP contribution < -0.4 is 14.4 Å². The van der Waals surface area contributed by atoms with E-state index in [1.165, 1.54) is 56.9 Å². The van der Waals surface area contributed by atoms with E-state index in [9.17, 15) is 14.6 Å². The number of hydrogen-bond acceptors (Lipinski definition) is 11. The number of phosphoric ester groups is 1. The van der Waals surface area contributed by atoms with Gasteiger partial charge in [0.15, 0.2) is 0 Å². The van der Waals surface area contributed by atoms with Gasteiger partial charge in [-0.2, -0.15) is 0 Å². The average molecular weight is 760 g/mol. The Labute approximate surface area is 315 Å². The van der Waals surface area contributed by atoms with Gasteiger partial charge in [-0.15, -0.1) is 0 Å². The fourth-order valence-electron chi connectivity index (χ4n) is 6.75. The van der Waals surface area contributed by atoms with Crippen molar-refractivity contribution in [3.8, 4) is 11.5 Å². The quantitative estimate of drug-likeness (QED) is 0.0597. The zero-order valence-electron chi connectivity index (χ0n) is 33.7. The molecule has 1 aliphatic rings. The zero-order valence-corrected chi connectivity index (χ0v) is 34.6. The number of ether oxygens (including phenoxy) is 5. The first-order valence-corrected chi connectivity index (χ1v) is 21.2. The highest BCUT2D eigenvalue weighted by Gasteiger charge is 2.34. The van der Waals surface area contributed by atoms with Gasteiger partial charge in [-0.25, -0.2) is 0 Å². The Kier molecular flexibility index (Phi) is 22.5. The number of fused-ring (bicyclic) bond motifs is 1. The highest BCUT2D eigenvalue weighted by molar-refractivity contribution is 7.45. The van der Waals surface area contributed by atoms with Gasteiger partial charge in [0.2, 0.25) is 0 Å². The summed E-state index contributed by atoms with van der Waals surface area (Å²) in [5, 5.41) is 18.4. The van der Waals surface area contributed by atoms with Crippen LogP contribution in [-0.4, -0.2) is 88.0 Å². The van der Waals surface area contributed by atoms with Crippen molar-refractivity contribution < 1.29 is 52.4 Å². The molecule has 11 nitrogen and oxygen atoms in total. The van der Waals surface area contributed by atoms with Crippen molar-refractivity contribution >= 4 is 7.82 Å². The molecule has 0 saturated carbocycles. The SMILES string of the molecule is Cc1c(C)c2c(c(C)c1OCCOCCOCCOCC(O)COP(=O)([O-])OCCO)CC[C@@](C)(CCC[C@H](C)CCC[C@H](C)CCCC(C)C)O2. The summed E-state index contributed by atoms with van der Waals surface area (Å²) in [5.74, 6) is 4.40. The summed E-state index contributed by atoms with van der Waals surface area (Å²) in [6.07, 6.45) is 12.6. The fraction of sp³-hybridized carbons (Fsp3) is 0.850. The molecule has 5 atom stereocenters. The van der Waals surface area contributed by atoms with Crippen molar-refractivity contribution in [1.29, 1.82) is 0 Å². The van der Waals surface area contributed by atoms with Gasteiger partial charge in [0.25, 0.3) is 7.82 Å². The highest BCUT2D eigenvalue weighted by atomic mass is 31.2. The molecule has 2 rings (SSSR count). The van der Waals surface area contributed by atoms with Gasteiger partial charge < -0.3 is 47.8 Å². The third kappa shape index (κ3) is 18.4. The molecule has 1 aromatic carbocycles. The molecule has 1 aromatic rings. The predicted octanol–water partition coefficient (Wildman–Crippen LogP) is 7.42. The van der Waals surface area contributed by atoms with Gasteiger partial charge >= 0.3 is 0 Å². The van der Waals surface area contributed by atoms with Gasteiger partial charge in [-0.1, -0.05) is 72.6 Å². The first kappa shape index (κ1) is 46.9. The first-order chi connectivity index (χ1) is 24.7. The van der Waals surface area contributed by atoms with Crippen LogP contribution in [0.1, 0.15) is 121 Å². The molecular weight excluding hydrogens is 687 g/mol. The minimum absolute atomic E-state index is 0.123. The molecule has 0 saturated heterocycles. The molecule has 12 heteroatoms. The summed E-state index contributed by atoms with van der Waals surface area (Å²) in [6.45, 7) is 18.8. The van der Waals surface area contributed by atoms with E-state index in [0.717, 1.165) is 65.2 Å². The smallest absolute Gasteiger partial charge is 0.268 e. The van der Waals surface area contributed by atoms with Crippen molar-refractivity contribution in [2.24, 2.45) is 17.8 Å². The van der Waals surface area contributed by atoms with Gasteiger partial charge in [-0.3, -0.25) is 4.57 Å². The summed E-state index contributed by atoms with van der Waals surface area (Å²) in [4.78, 5) is 11.4. The van der Waals surface area contributed by atoms with Crippen molar-refractivity contribution in [3.05, 3.63) is 22.3 Å². The lowest BCUT2D eigenvalue weighted by atomic mass is 9.83. The number of aliphatic hydroxyl groups is 2. The van der Waals surface area contributed by atoms with Crippen LogP contribution in [0.25, 0.3) is 0 Å². The average Bonchev–Trinajstić information content (AvgIpc) is 3.09. The molecular formula is C40H72O11P-. The van der Waals surface area contributed by atoms with E-state index in [4.69, 9.17) is 28.8 Å². The molecule has 0 radical (unpaired) electrons. The van der Waals surface area contributed by atoms with Crippen molar-refractivity contribution in [2.75, 3.05) is 66.1 Å². The molecule has 1 heterocycles. The van der Waals surface area contributed by atoms with E-state index >= 15 is 0 Å². The van der Waals surface area contributed by atoms with E-state index in [1.807, 2.05) is 0 Å². The molecule has 52 heavy (non-hydrogen) atoms. The van der Waals surface area contributed by atoms with Gasteiger partial charge in [-0.05, 0) is 87.8 Å². The maximum Gasteiger partial charge on any atom is 0.268 e. The number of aliphatic hydroxyl groups excluding tert-OH is 2. The van der Waals surface area contributed by atoms with E-state index < -0.39 is 33.7 Å². The van der Waals surface area contributed by atoms with E-state index in [0.29, 0.717) is 33.0 Å². The normalized spacial score (nSPS) is 18.8. The largest absolute Gasteiger partial charge is 0.756 e. The van der Waals surface area contributed by atoms with E-state index in [1.54, 1.807) is 0 Å². The summed E-state index contributed by atoms with van der Waals surface area (Å²) in [5.41, 5.74) is 4.56. The Morgan fingerprint density at radius 3 is 1.96 bits per heavy atom. The molecule has 304 valence electrons. The minimum atomic E-state index is -4.55. The Morgan fingerprint density at radius 2 is 1.35 bits per heavy atom. The van der Waals surface area contributed by atoms with Crippen LogP contribution in [0.5, 0.6) is 11.5 Å². The second-order valence-corrected chi connectivity index (χ2v) is 16.9. The molecule has 0 fully saturated rings. The maximum absolute atomic E-state index is 11.4. The van der Waals surface area contributed by atoms with Crippen LogP contribution in [0.15, 0.2) is 0 Å². The molecule has 0 amide bonds. The molecule has 2 unspecified atom stereocenters. The first-order valence-electron chi connectivity index (χ1n) is 19.7. The number of benzene rings is 1. The summed E-state index contributed by atoms with van der Waals surface area (Å²) in [7, 11) is -4.55. The van der Waals surface area contributed by atoms with Gasteiger partial charge in [0.05, 0.1) is 59.5 Å². The topological polar surface area (TPSA) is 145 Å². The second kappa shape index (κ2) is 25.0. The van der Waals surface area contributed by atoms with Crippen LogP contribution in [-0.2, 0) is 34.2 Å². The van der Waals surface area contributed by atoms with Crippen molar-refractivity contribution in [2.45, 2.75) is 138 Å². The van der Waals surface area contributed by atoms with Crippen LogP contribution in [0, 0.1) is 38.5 Å². The molecule has 2 N–H and O–H groups in total. The van der Waals surface area contributed by atoms with Crippen molar-refractivity contribution in [1.82, 2.24) is 0 Å². The number of hydrogen-bond donors (Lipinski definition) is 2. The number of phosphoric acid groups is 1. The van der Waals surface area contributed by atoms with E-state index in [-0.39, 0.29) is 18.8 Å². The molecule has 1 aliphatic heterocycles. The summed E-state index contributed by atoms with van der Waals surface area (Å²) >= 11 is 0. The van der Waals surface area contributed by atoms with Crippen LogP contribution in [0.4, 0.5) is 0 Å². The minimum Gasteiger partial charge on any atom is -0.756 e. The van der Waals surface area contributed by atoms with E-state index in [2.05, 4.69) is 64.4 Å². The Bertz CT molecular complexity index is 1180. The molecule has 0 spiro atoms. The lowest BCUT2D eigenvalue weighted by Gasteiger charge is -2.38. The standard InChI is InChI=1S/C40H73O11P/c1-30(2)12-9-13-31(3)14-10-15-32(4)16-11-18-40(8)19-17-37-35(7)38(33(5)34(6)39(37)51-40)48-27-26-46-23-22-45-24-25-47-28-36(42)29-50-52(43,44)49-21-20-41/h30-32,36,41-42H,9-29H2,1-8H3,(H,43,44)/p-1/t31-,32-,36?,40-/m1/s1. The maximum atomic E-state index is 11.4. The Morgan fingerprint density at radius 1 is 0.769 bits per heavy atom.